The van der Waals surface area contributed by atoms with E-state index in [4.69, 9.17) is 15.8 Å². The Morgan fingerprint density at radius 2 is 1.86 bits per heavy atom. The third-order valence-electron chi connectivity index (χ3n) is 8.20. The van der Waals surface area contributed by atoms with Crippen LogP contribution in [0.3, 0.4) is 0 Å². The van der Waals surface area contributed by atoms with E-state index in [2.05, 4.69) is 22.9 Å². The van der Waals surface area contributed by atoms with Crippen molar-refractivity contribution in [1.82, 2.24) is 19.5 Å². The maximum absolute atomic E-state index is 14.3. The fourth-order valence-corrected chi connectivity index (χ4v) is 6.11. The molecular weight excluding hydrogens is 469 g/mol. The molecule has 0 aliphatic carbocycles. The van der Waals surface area contributed by atoms with Gasteiger partial charge < -0.3 is 20.4 Å². The Morgan fingerprint density at radius 1 is 1.00 bits per heavy atom. The molecule has 2 atom stereocenters. The number of carbonyl (C=O) groups is 1. The minimum atomic E-state index is -0.365. The van der Waals surface area contributed by atoms with Gasteiger partial charge in [0.25, 0.3) is 5.91 Å². The van der Waals surface area contributed by atoms with Crippen molar-refractivity contribution < 1.29 is 9.18 Å². The molecule has 0 saturated carbocycles. The average Bonchev–Trinajstić information content (AvgIpc) is 3.53. The zero-order valence-corrected chi connectivity index (χ0v) is 21.6. The quantitative estimate of drug-likeness (QED) is 0.540. The normalized spacial score (nSPS) is 23.2. The first-order valence-corrected chi connectivity index (χ1v) is 13.7. The Bertz CT molecular complexity index is 1310. The van der Waals surface area contributed by atoms with Crippen LogP contribution in [0, 0.1) is 5.82 Å². The summed E-state index contributed by atoms with van der Waals surface area (Å²) >= 11 is 0. The molecule has 1 amide bonds. The number of aromatic nitrogens is 3. The topological polar surface area (TPSA) is 83.0 Å². The summed E-state index contributed by atoms with van der Waals surface area (Å²) in [5.74, 6) is 1.47. The van der Waals surface area contributed by atoms with E-state index >= 15 is 0 Å². The predicted molar refractivity (Wildman–Crippen MR) is 143 cm³/mol. The van der Waals surface area contributed by atoms with E-state index in [1.807, 2.05) is 15.5 Å². The average molecular weight is 506 g/mol. The number of halogens is 1. The minimum Gasteiger partial charge on any atom is -0.359 e. The van der Waals surface area contributed by atoms with Crippen LogP contribution in [-0.4, -0.2) is 64.7 Å². The molecule has 8 nitrogen and oxygen atoms in total. The molecule has 2 bridgehead atoms. The largest absolute Gasteiger partial charge is 0.359 e. The van der Waals surface area contributed by atoms with E-state index in [1.54, 1.807) is 6.07 Å². The maximum Gasteiger partial charge on any atom is 0.254 e. The molecule has 6 rings (SSSR count). The number of anilines is 2. The summed E-state index contributed by atoms with van der Waals surface area (Å²) in [7, 11) is 2.11. The van der Waals surface area contributed by atoms with Crippen molar-refractivity contribution in [2.24, 2.45) is 5.73 Å². The Kier molecular flexibility index (Phi) is 6.48. The van der Waals surface area contributed by atoms with E-state index in [9.17, 15) is 9.18 Å². The number of benzene rings is 1. The first-order chi connectivity index (χ1) is 18.0. The van der Waals surface area contributed by atoms with Gasteiger partial charge in [-0.2, -0.15) is 9.61 Å². The lowest BCUT2D eigenvalue weighted by Gasteiger charge is -2.35. The van der Waals surface area contributed by atoms with Crippen molar-refractivity contribution >= 4 is 23.2 Å². The lowest BCUT2D eigenvalue weighted by molar-refractivity contribution is 0.0604. The molecule has 1 aromatic carbocycles. The van der Waals surface area contributed by atoms with Gasteiger partial charge in [-0.05, 0) is 62.6 Å². The van der Waals surface area contributed by atoms with Gasteiger partial charge in [-0.3, -0.25) is 4.79 Å². The van der Waals surface area contributed by atoms with Gasteiger partial charge in [-0.15, -0.1) is 0 Å². The molecule has 196 valence electrons. The Labute approximate surface area is 217 Å². The first kappa shape index (κ1) is 24.2. The molecule has 1 unspecified atom stereocenters. The second-order valence-corrected chi connectivity index (χ2v) is 10.9. The van der Waals surface area contributed by atoms with Gasteiger partial charge in [0.2, 0.25) is 0 Å². The number of nitrogens with two attached hydrogens (primary N) is 1. The fraction of sp³-hybridized carbons (Fsp3) is 0.536. The highest BCUT2D eigenvalue weighted by Crippen LogP contribution is 2.34. The number of piperidine rings is 1. The van der Waals surface area contributed by atoms with E-state index in [0.717, 1.165) is 99.5 Å². The highest BCUT2D eigenvalue weighted by atomic mass is 19.1. The molecule has 3 aliphatic rings. The van der Waals surface area contributed by atoms with Crippen molar-refractivity contribution in [2.45, 2.75) is 63.5 Å². The molecule has 0 radical (unpaired) electrons. The molecule has 2 aromatic heterocycles. The van der Waals surface area contributed by atoms with Crippen molar-refractivity contribution in [3.63, 3.8) is 0 Å². The smallest absolute Gasteiger partial charge is 0.254 e. The van der Waals surface area contributed by atoms with Gasteiger partial charge in [0.1, 0.15) is 17.5 Å². The number of hydrogen-bond donors (Lipinski definition) is 1. The van der Waals surface area contributed by atoms with Gasteiger partial charge in [-0.25, -0.2) is 9.37 Å². The molecule has 3 aliphatic heterocycles. The maximum atomic E-state index is 14.3. The van der Waals surface area contributed by atoms with Gasteiger partial charge in [-0.1, -0.05) is 12.5 Å². The third-order valence-corrected chi connectivity index (χ3v) is 8.20. The van der Waals surface area contributed by atoms with Crippen molar-refractivity contribution in [2.75, 3.05) is 43.0 Å². The van der Waals surface area contributed by atoms with E-state index in [-0.39, 0.29) is 23.8 Å². The summed E-state index contributed by atoms with van der Waals surface area (Å²) in [5.41, 5.74) is 9.26. The SMILES string of the molecule is CN1CCCCCc2ccc(F)cc2C(=O)N2CCCCC2c2cc3nc(N4CC[C@H](N)C4)cc1n3n2. The summed E-state index contributed by atoms with van der Waals surface area (Å²) < 4.78 is 16.2. The number of fused-ring (bicyclic) bond motifs is 4. The number of rotatable bonds is 1. The van der Waals surface area contributed by atoms with E-state index < -0.39 is 0 Å². The number of aryl methyl sites for hydroxylation is 1. The Hall–Kier alpha value is -3.20. The van der Waals surface area contributed by atoms with Crippen LogP contribution in [0.25, 0.3) is 5.65 Å². The Morgan fingerprint density at radius 3 is 2.70 bits per heavy atom. The lowest BCUT2D eigenvalue weighted by atomic mass is 9.95. The molecule has 37 heavy (non-hydrogen) atoms. The van der Waals surface area contributed by atoms with Crippen LogP contribution in [-0.2, 0) is 6.42 Å². The minimum absolute atomic E-state index is 0.0943. The van der Waals surface area contributed by atoms with Gasteiger partial charge >= 0.3 is 0 Å². The number of hydrogen-bond acceptors (Lipinski definition) is 6. The van der Waals surface area contributed by atoms with Gasteiger partial charge in [0, 0.05) is 57.0 Å². The van der Waals surface area contributed by atoms with Crippen molar-refractivity contribution in [3.05, 3.63) is 53.0 Å². The van der Waals surface area contributed by atoms with Gasteiger partial charge in [0.15, 0.2) is 5.65 Å². The van der Waals surface area contributed by atoms with Crippen LogP contribution in [0.15, 0.2) is 30.3 Å². The van der Waals surface area contributed by atoms with Gasteiger partial charge in [0.05, 0.1) is 11.7 Å². The van der Waals surface area contributed by atoms with Crippen molar-refractivity contribution in [1.29, 1.82) is 0 Å². The number of nitrogens with zero attached hydrogens (tertiary/aromatic N) is 6. The molecule has 3 aromatic rings. The van der Waals surface area contributed by atoms with Crippen LogP contribution < -0.4 is 15.5 Å². The number of amides is 1. The predicted octanol–water partition coefficient (Wildman–Crippen LogP) is 3.94. The lowest BCUT2D eigenvalue weighted by Crippen LogP contribution is -2.39. The summed E-state index contributed by atoms with van der Waals surface area (Å²) in [6.07, 6.45) is 7.52. The number of carbonyl (C=O) groups excluding carboxylic acids is 1. The molecular formula is C28H36FN7O. The Balaban J connectivity index is 1.46. The highest BCUT2D eigenvalue weighted by Gasteiger charge is 2.33. The molecule has 0 spiro atoms. The summed E-state index contributed by atoms with van der Waals surface area (Å²) in [5, 5.41) is 5.03. The zero-order valence-electron chi connectivity index (χ0n) is 21.6. The molecule has 5 heterocycles. The molecule has 2 saturated heterocycles. The summed E-state index contributed by atoms with van der Waals surface area (Å²) in [4.78, 5) is 25.3. The summed E-state index contributed by atoms with van der Waals surface area (Å²) in [6, 6.07) is 8.85. The second kappa shape index (κ2) is 9.93. The van der Waals surface area contributed by atoms with Crippen LogP contribution in [0.4, 0.5) is 16.0 Å². The molecule has 9 heteroatoms. The van der Waals surface area contributed by atoms with Crippen LogP contribution in [0.2, 0.25) is 0 Å². The third kappa shape index (κ3) is 4.65. The zero-order chi connectivity index (χ0) is 25.5. The first-order valence-electron chi connectivity index (χ1n) is 13.7. The molecule has 2 fully saturated rings. The van der Waals surface area contributed by atoms with Crippen LogP contribution in [0.5, 0.6) is 0 Å². The standard InChI is InChI=1S/C28H36FN7O/c1-33-12-5-2-3-7-19-9-10-20(29)15-22(19)28(37)35-13-6-4-8-24(35)23-16-26-31-25(17-27(33)36(26)32-23)34-14-11-21(30)18-34/h9-10,15-17,21,24H,2-8,11-14,18,30H2,1H3/t21-,24?/m0/s1. The van der Waals surface area contributed by atoms with Crippen molar-refractivity contribution in [3.8, 4) is 0 Å². The van der Waals surface area contributed by atoms with E-state index in [1.165, 1.54) is 12.1 Å². The van der Waals surface area contributed by atoms with E-state index in [0.29, 0.717) is 12.1 Å². The molecule has 2 N–H and O–H groups in total. The highest BCUT2D eigenvalue weighted by molar-refractivity contribution is 5.96. The second-order valence-electron chi connectivity index (χ2n) is 10.9. The van der Waals surface area contributed by atoms with Crippen LogP contribution in [0.1, 0.15) is 72.6 Å². The van der Waals surface area contributed by atoms with Crippen LogP contribution >= 0.6 is 0 Å². The fourth-order valence-electron chi connectivity index (χ4n) is 6.11. The monoisotopic (exact) mass is 505 g/mol. The summed E-state index contributed by atoms with van der Waals surface area (Å²) in [6.45, 7) is 3.23.